The van der Waals surface area contributed by atoms with Gasteiger partial charge in [-0.15, -0.1) is 0 Å². The topological polar surface area (TPSA) is 35.9 Å². The number of anilines is 1. The number of hydrogen-bond acceptors (Lipinski definition) is 3. The minimum absolute atomic E-state index is 0.0826. The van der Waals surface area contributed by atoms with Gasteiger partial charge in [-0.05, 0) is 41.5 Å². The molecule has 2 aliphatic heterocycles. The molecule has 4 nitrogen and oxygen atoms in total. The Bertz CT molecular complexity index is 1140. The third-order valence-corrected chi connectivity index (χ3v) is 6.77. The number of benzene rings is 3. The highest BCUT2D eigenvalue weighted by molar-refractivity contribution is 9.10. The van der Waals surface area contributed by atoms with Crippen LogP contribution in [-0.4, -0.2) is 29.8 Å². The number of carbonyl (C=O) groups excluding carboxylic acids is 1. The lowest BCUT2D eigenvalue weighted by atomic mass is 9.75. The summed E-state index contributed by atoms with van der Waals surface area (Å²) < 4.78 is 1.02. The molecule has 2 heterocycles. The van der Waals surface area contributed by atoms with E-state index in [2.05, 4.69) is 71.2 Å². The summed E-state index contributed by atoms with van der Waals surface area (Å²) in [6, 6.07) is 26.0. The summed E-state index contributed by atoms with van der Waals surface area (Å²) in [4.78, 5) is 15.8. The normalized spacial score (nSPS) is 22.4. The second-order valence-electron chi connectivity index (χ2n) is 8.17. The maximum absolute atomic E-state index is 13.6. The molecule has 0 N–H and O–H groups in total. The van der Waals surface area contributed by atoms with Crippen LogP contribution in [0, 0.1) is 0 Å². The first kappa shape index (κ1) is 19.1. The van der Waals surface area contributed by atoms with E-state index in [1.165, 1.54) is 5.56 Å². The Kier molecular flexibility index (Phi) is 4.51. The number of halogens is 1. The molecule has 2 atom stereocenters. The lowest BCUT2D eigenvalue weighted by Gasteiger charge is -2.44. The second-order valence-corrected chi connectivity index (χ2v) is 9.08. The monoisotopic (exact) mass is 459 g/mol. The summed E-state index contributed by atoms with van der Waals surface area (Å²) in [5, 5.41) is 6.61. The van der Waals surface area contributed by atoms with Crippen molar-refractivity contribution in [3.05, 3.63) is 100 Å². The van der Waals surface area contributed by atoms with Crippen molar-refractivity contribution in [2.24, 2.45) is 5.10 Å². The maximum Gasteiger partial charge on any atom is 0.275 e. The molecule has 0 saturated carbocycles. The van der Waals surface area contributed by atoms with E-state index in [-0.39, 0.29) is 17.5 Å². The van der Waals surface area contributed by atoms with Crippen LogP contribution >= 0.6 is 15.9 Å². The number of fused-ring (bicyclic) bond motifs is 3. The SMILES string of the molecule is CN1c2ccccc2[C@@]2(C)CC(c3ccc(Br)cc3)=NN(C(=O)c3ccccc3)[C@@H]12. The lowest BCUT2D eigenvalue weighted by Crippen LogP contribution is -2.57. The molecule has 0 radical (unpaired) electrons. The molecule has 30 heavy (non-hydrogen) atoms. The highest BCUT2D eigenvalue weighted by Gasteiger charge is 2.53. The van der Waals surface area contributed by atoms with E-state index < -0.39 is 0 Å². The number of nitrogens with zero attached hydrogens (tertiary/aromatic N) is 3. The zero-order valence-electron chi connectivity index (χ0n) is 16.9. The van der Waals surface area contributed by atoms with Crippen molar-refractivity contribution < 1.29 is 4.79 Å². The average Bonchev–Trinajstić information content (AvgIpc) is 3.01. The molecule has 0 bridgehead atoms. The number of hydrazone groups is 1. The lowest BCUT2D eigenvalue weighted by molar-refractivity contribution is 0.0581. The van der Waals surface area contributed by atoms with Crippen LogP contribution < -0.4 is 4.90 Å². The largest absolute Gasteiger partial charge is 0.352 e. The molecule has 0 saturated heterocycles. The van der Waals surface area contributed by atoms with Crippen molar-refractivity contribution in [1.82, 2.24) is 5.01 Å². The van der Waals surface area contributed by atoms with Gasteiger partial charge in [0.15, 0.2) is 0 Å². The Morgan fingerprint density at radius 2 is 1.67 bits per heavy atom. The first-order valence-electron chi connectivity index (χ1n) is 10.0. The predicted molar refractivity (Wildman–Crippen MR) is 124 cm³/mol. The Labute approximate surface area is 185 Å². The van der Waals surface area contributed by atoms with E-state index in [9.17, 15) is 4.79 Å². The summed E-state index contributed by atoms with van der Waals surface area (Å²) in [5.41, 5.74) is 4.76. The Hall–Kier alpha value is -2.92. The van der Waals surface area contributed by atoms with Gasteiger partial charge < -0.3 is 4.90 Å². The van der Waals surface area contributed by atoms with Gasteiger partial charge in [0, 0.05) is 34.6 Å². The molecule has 0 unspecified atom stereocenters. The van der Waals surface area contributed by atoms with E-state index in [0.717, 1.165) is 27.9 Å². The first-order valence-corrected chi connectivity index (χ1v) is 10.8. The van der Waals surface area contributed by atoms with E-state index >= 15 is 0 Å². The van der Waals surface area contributed by atoms with Crippen molar-refractivity contribution in [2.75, 3.05) is 11.9 Å². The molecule has 5 heteroatoms. The van der Waals surface area contributed by atoms with Gasteiger partial charge in [0.05, 0.1) is 5.71 Å². The van der Waals surface area contributed by atoms with Crippen LogP contribution in [0.1, 0.15) is 34.8 Å². The molecule has 5 rings (SSSR count). The number of amides is 1. The molecular weight excluding hydrogens is 438 g/mol. The van der Waals surface area contributed by atoms with E-state index in [1.54, 1.807) is 5.01 Å². The number of hydrogen-bond donors (Lipinski definition) is 0. The van der Waals surface area contributed by atoms with Gasteiger partial charge in [-0.2, -0.15) is 5.10 Å². The van der Waals surface area contributed by atoms with Crippen LogP contribution in [0.2, 0.25) is 0 Å². The Morgan fingerprint density at radius 1 is 1.00 bits per heavy atom. The number of likely N-dealkylation sites (N-methyl/N-ethyl adjacent to an activating group) is 1. The molecule has 0 aliphatic carbocycles. The molecular formula is C25H22BrN3O. The maximum atomic E-state index is 13.6. The molecule has 0 spiro atoms. The zero-order valence-corrected chi connectivity index (χ0v) is 18.5. The molecule has 0 aromatic heterocycles. The van der Waals surface area contributed by atoms with Crippen LogP contribution in [0.3, 0.4) is 0 Å². The average molecular weight is 460 g/mol. The van der Waals surface area contributed by atoms with Crippen LogP contribution in [0.25, 0.3) is 0 Å². The first-order chi connectivity index (χ1) is 14.5. The Balaban J connectivity index is 1.67. The second kappa shape index (κ2) is 7.10. The van der Waals surface area contributed by atoms with Crippen LogP contribution in [0.5, 0.6) is 0 Å². The van der Waals surface area contributed by atoms with Gasteiger partial charge >= 0.3 is 0 Å². The number of carbonyl (C=O) groups is 1. The van der Waals surface area contributed by atoms with Gasteiger partial charge in [-0.3, -0.25) is 4.79 Å². The summed E-state index contributed by atoms with van der Waals surface area (Å²) in [7, 11) is 2.06. The van der Waals surface area contributed by atoms with Gasteiger partial charge in [0.2, 0.25) is 0 Å². The smallest absolute Gasteiger partial charge is 0.275 e. The fourth-order valence-corrected chi connectivity index (χ4v) is 5.09. The molecule has 0 fully saturated rings. The van der Waals surface area contributed by atoms with Gasteiger partial charge in [0.1, 0.15) is 6.17 Å². The highest BCUT2D eigenvalue weighted by Crippen LogP contribution is 2.50. The predicted octanol–water partition coefficient (Wildman–Crippen LogP) is 5.43. The van der Waals surface area contributed by atoms with Gasteiger partial charge in [-0.1, -0.05) is 71.4 Å². The summed E-state index contributed by atoms with van der Waals surface area (Å²) in [5.74, 6) is -0.0826. The fraction of sp³-hybridized carbons (Fsp3) is 0.200. The molecule has 3 aromatic carbocycles. The van der Waals surface area contributed by atoms with E-state index in [1.807, 2.05) is 42.5 Å². The van der Waals surface area contributed by atoms with Crippen molar-refractivity contribution in [3.63, 3.8) is 0 Å². The molecule has 2 aliphatic rings. The fourth-order valence-electron chi connectivity index (χ4n) is 4.82. The summed E-state index contributed by atoms with van der Waals surface area (Å²) >= 11 is 3.51. The number of para-hydroxylation sites is 1. The minimum Gasteiger partial charge on any atom is -0.352 e. The van der Waals surface area contributed by atoms with E-state index in [4.69, 9.17) is 5.10 Å². The number of rotatable bonds is 2. The summed E-state index contributed by atoms with van der Waals surface area (Å²) in [6.07, 6.45) is 0.584. The van der Waals surface area contributed by atoms with Crippen LogP contribution in [-0.2, 0) is 5.41 Å². The van der Waals surface area contributed by atoms with Crippen LogP contribution in [0.15, 0.2) is 88.4 Å². The third kappa shape index (κ3) is 2.88. The zero-order chi connectivity index (χ0) is 20.9. The quantitative estimate of drug-likeness (QED) is 0.511. The standard InChI is InChI=1S/C25H22BrN3O/c1-25-16-21(17-12-14-19(26)15-13-17)27-29(23(30)18-8-4-3-5-9-18)24(25)28(2)22-11-7-6-10-20(22)25/h3-15,24H,16H2,1-2H3/t24-,25-/m1/s1. The van der Waals surface area contributed by atoms with Gasteiger partial charge in [-0.25, -0.2) is 5.01 Å². The highest BCUT2D eigenvalue weighted by atomic mass is 79.9. The molecule has 150 valence electrons. The molecule has 3 aromatic rings. The van der Waals surface area contributed by atoms with Gasteiger partial charge in [0.25, 0.3) is 5.91 Å². The van der Waals surface area contributed by atoms with Crippen molar-refractivity contribution >= 4 is 33.2 Å². The van der Waals surface area contributed by atoms with Crippen molar-refractivity contribution in [1.29, 1.82) is 0 Å². The van der Waals surface area contributed by atoms with Crippen molar-refractivity contribution in [3.8, 4) is 0 Å². The van der Waals surface area contributed by atoms with Crippen LogP contribution in [0.4, 0.5) is 5.69 Å². The third-order valence-electron chi connectivity index (χ3n) is 6.24. The summed E-state index contributed by atoms with van der Waals surface area (Å²) in [6.45, 7) is 2.25. The minimum atomic E-state index is -0.264. The van der Waals surface area contributed by atoms with E-state index in [0.29, 0.717) is 5.56 Å². The molecule has 1 amide bonds. The van der Waals surface area contributed by atoms with Crippen molar-refractivity contribution in [2.45, 2.75) is 24.9 Å². The Morgan fingerprint density at radius 3 is 2.40 bits per heavy atom.